The Morgan fingerprint density at radius 1 is 1.25 bits per heavy atom. The lowest BCUT2D eigenvalue weighted by molar-refractivity contribution is -0.0444. The Kier molecular flexibility index (Phi) is 3.51. The van der Waals surface area contributed by atoms with E-state index in [1.54, 1.807) is 0 Å². The van der Waals surface area contributed by atoms with Crippen molar-refractivity contribution in [3.05, 3.63) is 29.3 Å². The molecule has 0 aromatic heterocycles. The van der Waals surface area contributed by atoms with Crippen LogP contribution in [0, 0.1) is 17.3 Å². The summed E-state index contributed by atoms with van der Waals surface area (Å²) < 4.78 is 33.5. The molecule has 1 aromatic rings. The summed E-state index contributed by atoms with van der Waals surface area (Å²) in [6.45, 7) is 0.796. The lowest BCUT2D eigenvalue weighted by atomic mass is 9.55. The Labute approximate surface area is 151 Å². The highest BCUT2D eigenvalue weighted by atomic mass is 16.5. The zero-order valence-electron chi connectivity index (χ0n) is 18.0. The van der Waals surface area contributed by atoms with Crippen molar-refractivity contribution in [3.8, 4) is 5.75 Å². The fraction of sp³-hybridized carbons (Fsp3) is 0.727. The van der Waals surface area contributed by atoms with Gasteiger partial charge in [-0.3, -0.25) is 0 Å². The van der Waals surface area contributed by atoms with Gasteiger partial charge < -0.3 is 9.47 Å². The molecule has 2 heteroatoms. The van der Waals surface area contributed by atoms with E-state index in [1.807, 2.05) is 13.2 Å². The third kappa shape index (κ3) is 2.49. The lowest BCUT2D eigenvalue weighted by Gasteiger charge is -2.50. The van der Waals surface area contributed by atoms with E-state index in [2.05, 4.69) is 19.1 Å². The number of aryl methyl sites for hydroxylation is 1. The highest BCUT2D eigenvalue weighted by Gasteiger charge is 2.54. The molecule has 5 atom stereocenters. The van der Waals surface area contributed by atoms with Crippen LogP contribution in [0.25, 0.3) is 0 Å². The summed E-state index contributed by atoms with van der Waals surface area (Å²) >= 11 is 0. The van der Waals surface area contributed by atoms with E-state index in [0.717, 1.165) is 24.0 Å². The number of ether oxygens (including phenoxy) is 2. The molecule has 0 aliphatic heterocycles. The van der Waals surface area contributed by atoms with Crippen LogP contribution >= 0.6 is 0 Å². The van der Waals surface area contributed by atoms with E-state index in [9.17, 15) is 0 Å². The first-order chi connectivity index (χ1) is 12.8. The third-order valence-electron chi connectivity index (χ3n) is 7.27. The molecule has 0 amide bonds. The summed E-state index contributed by atoms with van der Waals surface area (Å²) in [4.78, 5) is 0. The predicted octanol–water partition coefficient (Wildman–Crippen LogP) is 5.35. The Morgan fingerprint density at radius 3 is 3.00 bits per heavy atom. The van der Waals surface area contributed by atoms with Crippen molar-refractivity contribution in [2.45, 2.75) is 70.7 Å². The SMILES string of the molecule is [2H]C([2H])([2H])CCOc1ccc2c(c1)CC[C@@H]1[C@@H]2CC[C@]2(C)[C@@H](OC)CC[C@@H]12. The maximum atomic E-state index is 7.30. The average molecular weight is 332 g/mol. The monoisotopic (exact) mass is 331 g/mol. The van der Waals surface area contributed by atoms with Crippen molar-refractivity contribution in [2.24, 2.45) is 17.3 Å². The van der Waals surface area contributed by atoms with Crippen LogP contribution in [0.5, 0.6) is 5.75 Å². The maximum absolute atomic E-state index is 7.30. The highest BCUT2D eigenvalue weighted by Crippen LogP contribution is 2.61. The Balaban J connectivity index is 1.49. The lowest BCUT2D eigenvalue weighted by Crippen LogP contribution is -2.44. The first kappa shape index (κ1) is 13.2. The van der Waals surface area contributed by atoms with Gasteiger partial charge in [-0.25, -0.2) is 0 Å². The summed E-state index contributed by atoms with van der Waals surface area (Å²) in [6, 6.07) is 6.45. The van der Waals surface area contributed by atoms with Crippen LogP contribution < -0.4 is 4.74 Å². The van der Waals surface area contributed by atoms with E-state index in [4.69, 9.17) is 13.6 Å². The average Bonchev–Trinajstić information content (AvgIpc) is 2.96. The van der Waals surface area contributed by atoms with Crippen LogP contribution in [-0.4, -0.2) is 19.8 Å². The molecule has 0 radical (unpaired) electrons. The van der Waals surface area contributed by atoms with Crippen molar-refractivity contribution in [1.82, 2.24) is 0 Å². The molecule has 2 fully saturated rings. The van der Waals surface area contributed by atoms with E-state index in [0.29, 0.717) is 17.4 Å². The second kappa shape index (κ2) is 6.37. The molecule has 132 valence electrons. The summed E-state index contributed by atoms with van der Waals surface area (Å²) in [5.41, 5.74) is 3.27. The largest absolute Gasteiger partial charge is 0.494 e. The normalized spacial score (nSPS) is 39.8. The number of hydrogen-bond acceptors (Lipinski definition) is 2. The van der Waals surface area contributed by atoms with Gasteiger partial charge in [0.05, 0.1) is 12.7 Å². The van der Waals surface area contributed by atoms with Gasteiger partial charge in [-0.15, -0.1) is 0 Å². The molecule has 0 saturated heterocycles. The van der Waals surface area contributed by atoms with Gasteiger partial charge in [-0.1, -0.05) is 19.8 Å². The molecule has 0 unspecified atom stereocenters. The Morgan fingerprint density at radius 2 is 2.17 bits per heavy atom. The number of benzene rings is 1. The fourth-order valence-electron chi connectivity index (χ4n) is 6.16. The minimum absolute atomic E-state index is 0.0930. The van der Waals surface area contributed by atoms with Gasteiger partial charge in [-0.05, 0) is 91.4 Å². The first-order valence-corrected chi connectivity index (χ1v) is 9.60. The van der Waals surface area contributed by atoms with Gasteiger partial charge in [0.15, 0.2) is 0 Å². The highest BCUT2D eigenvalue weighted by molar-refractivity contribution is 5.40. The number of methoxy groups -OCH3 is 1. The summed E-state index contributed by atoms with van der Waals surface area (Å²) in [5.74, 6) is 3.04. The molecule has 0 spiro atoms. The van der Waals surface area contributed by atoms with Crippen LogP contribution in [0.4, 0.5) is 0 Å². The van der Waals surface area contributed by atoms with E-state index < -0.39 is 6.85 Å². The molecular formula is C22H32O2. The molecule has 0 N–H and O–H groups in total. The molecule has 4 rings (SSSR count). The molecule has 3 aliphatic rings. The predicted molar refractivity (Wildman–Crippen MR) is 97.6 cm³/mol. The van der Waals surface area contributed by atoms with Gasteiger partial charge in [0.25, 0.3) is 0 Å². The van der Waals surface area contributed by atoms with E-state index in [-0.39, 0.29) is 13.0 Å². The fourth-order valence-corrected chi connectivity index (χ4v) is 6.16. The summed E-state index contributed by atoms with van der Waals surface area (Å²) in [5, 5.41) is 0. The Bertz CT molecular complexity index is 687. The minimum atomic E-state index is -1.92. The topological polar surface area (TPSA) is 18.5 Å². The molecule has 1 aromatic carbocycles. The van der Waals surface area contributed by atoms with Gasteiger partial charge in [0.1, 0.15) is 5.75 Å². The van der Waals surface area contributed by atoms with E-state index >= 15 is 0 Å². The summed E-state index contributed by atoms with van der Waals surface area (Å²) in [7, 11) is 1.88. The number of hydrogen-bond donors (Lipinski definition) is 0. The van der Waals surface area contributed by atoms with Crippen LogP contribution in [0.2, 0.25) is 0 Å². The van der Waals surface area contributed by atoms with Crippen molar-refractivity contribution < 1.29 is 13.6 Å². The van der Waals surface area contributed by atoms with Crippen molar-refractivity contribution in [2.75, 3.05) is 13.7 Å². The quantitative estimate of drug-likeness (QED) is 0.741. The second-order valence-corrected chi connectivity index (χ2v) is 8.22. The first-order valence-electron chi connectivity index (χ1n) is 11.1. The zero-order valence-corrected chi connectivity index (χ0v) is 15.0. The molecule has 3 aliphatic carbocycles. The third-order valence-corrected chi connectivity index (χ3v) is 7.27. The Hall–Kier alpha value is -1.02. The summed E-state index contributed by atoms with van der Waals surface area (Å²) in [6.07, 6.45) is 7.92. The molecule has 0 bridgehead atoms. The van der Waals surface area contributed by atoms with Gasteiger partial charge >= 0.3 is 0 Å². The van der Waals surface area contributed by atoms with Crippen LogP contribution in [0.15, 0.2) is 18.2 Å². The van der Waals surface area contributed by atoms with Crippen LogP contribution in [0.1, 0.15) is 73.5 Å². The smallest absolute Gasteiger partial charge is 0.119 e. The number of rotatable bonds is 4. The standard InChI is InChI=1S/C22H32O2/c1-4-13-24-16-6-8-17-15(14-16)5-7-19-18(17)11-12-22(2)20(19)9-10-21(22)23-3/h6,8,14,18-21H,4-5,7,9-13H2,1-3H3/t18-,19-,20+,21+,22+/m1/s1/i1D3. The van der Waals surface area contributed by atoms with Crippen molar-refractivity contribution in [1.29, 1.82) is 0 Å². The van der Waals surface area contributed by atoms with Gasteiger partial charge in [0, 0.05) is 11.2 Å². The minimum Gasteiger partial charge on any atom is -0.494 e. The zero-order chi connectivity index (χ0) is 19.2. The van der Waals surface area contributed by atoms with Crippen molar-refractivity contribution >= 4 is 0 Å². The van der Waals surface area contributed by atoms with Crippen LogP contribution in [0.3, 0.4) is 0 Å². The van der Waals surface area contributed by atoms with Crippen molar-refractivity contribution in [3.63, 3.8) is 0 Å². The number of fused-ring (bicyclic) bond motifs is 5. The second-order valence-electron chi connectivity index (χ2n) is 8.22. The van der Waals surface area contributed by atoms with Gasteiger partial charge in [-0.2, -0.15) is 0 Å². The molecule has 0 heterocycles. The molecular weight excluding hydrogens is 296 g/mol. The van der Waals surface area contributed by atoms with Gasteiger partial charge in [0.2, 0.25) is 0 Å². The maximum Gasteiger partial charge on any atom is 0.119 e. The molecule has 2 saturated carbocycles. The molecule has 2 nitrogen and oxygen atoms in total. The van der Waals surface area contributed by atoms with Crippen LogP contribution in [-0.2, 0) is 11.2 Å². The van der Waals surface area contributed by atoms with E-state index in [1.165, 1.54) is 43.2 Å². The molecule has 24 heavy (non-hydrogen) atoms.